The van der Waals surface area contributed by atoms with E-state index in [-0.39, 0.29) is 18.1 Å². The van der Waals surface area contributed by atoms with Crippen molar-refractivity contribution in [3.8, 4) is 5.75 Å². The van der Waals surface area contributed by atoms with Crippen molar-refractivity contribution in [1.82, 2.24) is 9.21 Å². The van der Waals surface area contributed by atoms with Crippen molar-refractivity contribution in [3.05, 3.63) is 89.7 Å². The number of methoxy groups -OCH3 is 1. The molecule has 1 aliphatic heterocycles. The van der Waals surface area contributed by atoms with Crippen LogP contribution < -0.4 is 13.9 Å². The van der Waals surface area contributed by atoms with Crippen LogP contribution in [0, 0.1) is 5.82 Å². The summed E-state index contributed by atoms with van der Waals surface area (Å²) >= 11 is 0. The molecule has 1 amide bonds. The van der Waals surface area contributed by atoms with Crippen LogP contribution in [0.25, 0.3) is 0 Å². The van der Waals surface area contributed by atoms with Crippen LogP contribution in [0.3, 0.4) is 0 Å². The van der Waals surface area contributed by atoms with Crippen LogP contribution in [0.4, 0.5) is 15.8 Å². The number of para-hydroxylation sites is 3. The van der Waals surface area contributed by atoms with Crippen molar-refractivity contribution in [1.29, 1.82) is 0 Å². The molecule has 0 aromatic heterocycles. The molecular weight excluding hydrogens is 495 g/mol. The number of hydrogen-bond acceptors (Lipinski definition) is 5. The molecule has 0 spiro atoms. The van der Waals surface area contributed by atoms with Crippen LogP contribution in [0.5, 0.6) is 5.75 Å². The molecule has 0 N–H and O–H groups in total. The van der Waals surface area contributed by atoms with Crippen molar-refractivity contribution < 1.29 is 22.3 Å². The first-order valence-electron chi connectivity index (χ1n) is 11.9. The molecule has 0 saturated carbocycles. The lowest BCUT2D eigenvalue weighted by Gasteiger charge is -2.36. The second-order valence-electron chi connectivity index (χ2n) is 8.90. The molecule has 1 fully saturated rings. The normalized spacial score (nSPS) is 14.1. The number of carbonyl (C=O) groups excluding carboxylic acids is 1. The summed E-state index contributed by atoms with van der Waals surface area (Å²) in [5.74, 6) is 0.0867. The number of piperazine rings is 1. The minimum absolute atomic E-state index is 0.0377. The fraction of sp³-hybridized carbons (Fsp3) is 0.296. The first kappa shape index (κ1) is 26.4. The van der Waals surface area contributed by atoms with Crippen LogP contribution in [0.2, 0.25) is 0 Å². The Morgan fingerprint density at radius 3 is 2.16 bits per heavy atom. The molecule has 8 nitrogen and oxygen atoms in total. The summed E-state index contributed by atoms with van der Waals surface area (Å²) in [6.45, 7) is 2.43. The van der Waals surface area contributed by atoms with E-state index in [0.717, 1.165) is 20.0 Å². The molecule has 0 bridgehead atoms. The molecule has 1 aliphatic rings. The van der Waals surface area contributed by atoms with E-state index in [2.05, 4.69) is 4.90 Å². The summed E-state index contributed by atoms with van der Waals surface area (Å²) in [6.07, 6.45) is 0. The second-order valence-corrected chi connectivity index (χ2v) is 11.0. The molecule has 0 unspecified atom stereocenters. The summed E-state index contributed by atoms with van der Waals surface area (Å²) in [5, 5.41) is 0. The number of rotatable bonds is 8. The molecule has 10 heteroatoms. The van der Waals surface area contributed by atoms with Gasteiger partial charge < -0.3 is 14.5 Å². The smallest absolute Gasteiger partial charge is 0.303 e. The lowest BCUT2D eigenvalue weighted by atomic mass is 10.1. The van der Waals surface area contributed by atoms with Gasteiger partial charge in [0.1, 0.15) is 11.6 Å². The van der Waals surface area contributed by atoms with Crippen molar-refractivity contribution in [2.24, 2.45) is 0 Å². The number of anilines is 2. The maximum Gasteiger partial charge on any atom is 0.303 e. The number of amides is 1. The molecule has 3 aromatic carbocycles. The first-order chi connectivity index (χ1) is 17.7. The van der Waals surface area contributed by atoms with E-state index in [1.807, 2.05) is 29.2 Å². The second kappa shape index (κ2) is 11.2. The van der Waals surface area contributed by atoms with Gasteiger partial charge in [-0.05, 0) is 42.0 Å². The van der Waals surface area contributed by atoms with Gasteiger partial charge in [0.05, 0.1) is 25.0 Å². The van der Waals surface area contributed by atoms with Crippen molar-refractivity contribution in [3.63, 3.8) is 0 Å². The third-order valence-corrected chi connectivity index (χ3v) is 8.19. The largest absolute Gasteiger partial charge is 0.495 e. The summed E-state index contributed by atoms with van der Waals surface area (Å²) in [7, 11) is 0.498. The number of nitrogens with zero attached hydrogens (tertiary/aromatic N) is 4. The van der Waals surface area contributed by atoms with Crippen LogP contribution >= 0.6 is 0 Å². The topological polar surface area (TPSA) is 73.4 Å². The van der Waals surface area contributed by atoms with Gasteiger partial charge in [-0.2, -0.15) is 12.7 Å². The molecule has 0 radical (unpaired) electrons. The highest BCUT2D eigenvalue weighted by Crippen LogP contribution is 2.29. The molecule has 1 saturated heterocycles. The maximum absolute atomic E-state index is 14.5. The maximum atomic E-state index is 14.5. The Morgan fingerprint density at radius 1 is 0.919 bits per heavy atom. The van der Waals surface area contributed by atoms with Gasteiger partial charge in [0.15, 0.2) is 0 Å². The van der Waals surface area contributed by atoms with E-state index < -0.39 is 16.0 Å². The van der Waals surface area contributed by atoms with E-state index in [9.17, 15) is 17.6 Å². The van der Waals surface area contributed by atoms with E-state index in [1.165, 1.54) is 32.3 Å². The molecule has 1 heterocycles. The lowest BCUT2D eigenvalue weighted by molar-refractivity contribution is 0.0746. The highest BCUT2D eigenvalue weighted by Gasteiger charge is 2.28. The van der Waals surface area contributed by atoms with E-state index in [4.69, 9.17) is 4.74 Å². The average molecular weight is 527 g/mol. The van der Waals surface area contributed by atoms with Gasteiger partial charge >= 0.3 is 10.2 Å². The van der Waals surface area contributed by atoms with Gasteiger partial charge in [0.25, 0.3) is 5.91 Å². The molecule has 0 atom stereocenters. The summed E-state index contributed by atoms with van der Waals surface area (Å²) in [5.41, 5.74) is 2.12. The van der Waals surface area contributed by atoms with Crippen molar-refractivity contribution in [2.75, 3.05) is 56.6 Å². The zero-order valence-electron chi connectivity index (χ0n) is 21.2. The predicted molar refractivity (Wildman–Crippen MR) is 143 cm³/mol. The highest BCUT2D eigenvalue weighted by atomic mass is 32.2. The number of hydrogen-bond donors (Lipinski definition) is 0. The monoisotopic (exact) mass is 526 g/mol. The fourth-order valence-electron chi connectivity index (χ4n) is 4.28. The summed E-state index contributed by atoms with van der Waals surface area (Å²) in [4.78, 5) is 17.1. The third kappa shape index (κ3) is 5.70. The van der Waals surface area contributed by atoms with Crippen LogP contribution in [-0.2, 0) is 16.8 Å². The average Bonchev–Trinajstić information content (AvgIpc) is 2.92. The molecule has 3 aromatic rings. The minimum Gasteiger partial charge on any atom is -0.495 e. The van der Waals surface area contributed by atoms with E-state index >= 15 is 0 Å². The molecule has 0 aliphatic carbocycles. The Balaban J connectivity index is 1.45. The third-order valence-electron chi connectivity index (χ3n) is 6.38. The zero-order valence-corrected chi connectivity index (χ0v) is 22.0. The predicted octanol–water partition coefficient (Wildman–Crippen LogP) is 3.61. The van der Waals surface area contributed by atoms with Crippen LogP contribution in [0.1, 0.15) is 15.9 Å². The molecular formula is C27H31FN4O4S. The summed E-state index contributed by atoms with van der Waals surface area (Å²) in [6, 6.07) is 20.4. The van der Waals surface area contributed by atoms with Gasteiger partial charge in [-0.1, -0.05) is 36.4 Å². The Kier molecular flexibility index (Phi) is 7.99. The quantitative estimate of drug-likeness (QED) is 0.449. The minimum atomic E-state index is -3.95. The molecule has 196 valence electrons. The van der Waals surface area contributed by atoms with Crippen LogP contribution in [0.15, 0.2) is 72.8 Å². The Labute approximate surface area is 217 Å². The lowest BCUT2D eigenvalue weighted by Crippen LogP contribution is -2.48. The zero-order chi connectivity index (χ0) is 26.6. The van der Waals surface area contributed by atoms with E-state index in [1.54, 1.807) is 37.4 Å². The van der Waals surface area contributed by atoms with Gasteiger partial charge in [-0.15, -0.1) is 0 Å². The van der Waals surface area contributed by atoms with Crippen LogP contribution in [-0.4, -0.2) is 70.9 Å². The standard InChI is InChI=1S/C27H31FN4O4S/c1-29(2)37(34,35)32(24-9-5-4-8-23(24)28)20-21-12-14-22(15-13-21)27(33)31-18-16-30(17-19-31)25-10-6-7-11-26(25)36-3/h4-15H,16-20H2,1-3H3. The number of ether oxygens (including phenoxy) is 1. The first-order valence-corrected chi connectivity index (χ1v) is 13.3. The Morgan fingerprint density at radius 2 is 1.54 bits per heavy atom. The number of carbonyl (C=O) groups is 1. The molecule has 37 heavy (non-hydrogen) atoms. The SMILES string of the molecule is COc1ccccc1N1CCN(C(=O)c2ccc(CN(c3ccccc3F)S(=O)(=O)N(C)C)cc2)CC1. The van der Waals surface area contributed by atoms with Crippen molar-refractivity contribution >= 4 is 27.5 Å². The van der Waals surface area contributed by atoms with Gasteiger partial charge in [0.2, 0.25) is 0 Å². The van der Waals surface area contributed by atoms with Gasteiger partial charge in [-0.25, -0.2) is 4.39 Å². The van der Waals surface area contributed by atoms with Gasteiger partial charge in [0, 0.05) is 45.8 Å². The van der Waals surface area contributed by atoms with Crippen molar-refractivity contribution in [2.45, 2.75) is 6.54 Å². The number of halogens is 1. The summed E-state index contributed by atoms with van der Waals surface area (Å²) < 4.78 is 47.9. The van der Waals surface area contributed by atoms with E-state index in [0.29, 0.717) is 37.3 Å². The highest BCUT2D eigenvalue weighted by molar-refractivity contribution is 7.90. The van der Waals surface area contributed by atoms with Gasteiger partial charge in [-0.3, -0.25) is 9.10 Å². The Hall–Kier alpha value is -3.63. The fourth-order valence-corrected chi connectivity index (χ4v) is 5.39. The molecule has 4 rings (SSSR count). The number of benzene rings is 3. The Bertz CT molecular complexity index is 1340.